The summed E-state index contributed by atoms with van der Waals surface area (Å²) in [6, 6.07) is 2.55. The molecule has 7 heteroatoms. The van der Waals surface area contributed by atoms with Gasteiger partial charge in [0.05, 0.1) is 24.8 Å². The molecule has 0 spiro atoms. The van der Waals surface area contributed by atoms with Crippen molar-refractivity contribution in [3.05, 3.63) is 22.6 Å². The lowest BCUT2D eigenvalue weighted by molar-refractivity contribution is -0.0363. The largest absolute Gasteiger partial charge is 0.414 e. The second-order valence-corrected chi connectivity index (χ2v) is 14.5. The summed E-state index contributed by atoms with van der Waals surface area (Å²) in [6.07, 6.45) is 4.17. The molecule has 2 heterocycles. The van der Waals surface area contributed by atoms with Gasteiger partial charge in [-0.25, -0.2) is 9.97 Å². The van der Waals surface area contributed by atoms with Crippen LogP contribution in [0.5, 0.6) is 0 Å². The quantitative estimate of drug-likeness (QED) is 0.455. The Morgan fingerprint density at radius 1 is 1.27 bits per heavy atom. The minimum atomic E-state index is -1.67. The van der Waals surface area contributed by atoms with E-state index in [2.05, 4.69) is 77.3 Å². The molecule has 0 amide bonds. The van der Waals surface area contributed by atoms with Crippen LogP contribution in [0.25, 0.3) is 11.2 Å². The molecule has 1 aliphatic carbocycles. The number of aryl methyl sites for hydroxylation is 1. The lowest BCUT2D eigenvalue weighted by Gasteiger charge is -2.38. The number of rotatable bonds is 6. The van der Waals surface area contributed by atoms with Crippen molar-refractivity contribution in [2.75, 3.05) is 13.2 Å². The van der Waals surface area contributed by atoms with E-state index in [4.69, 9.17) is 9.16 Å². The summed E-state index contributed by atoms with van der Waals surface area (Å²) in [4.78, 5) is 8.99. The lowest BCUT2D eigenvalue weighted by Crippen LogP contribution is -2.42. The molecule has 26 heavy (non-hydrogen) atoms. The Bertz CT molecular complexity index is 779. The average Bonchev–Trinajstić information content (AvgIpc) is 2.79. The molecule has 0 unspecified atom stereocenters. The second kappa shape index (κ2) is 7.34. The fourth-order valence-electron chi connectivity index (χ4n) is 3.14. The summed E-state index contributed by atoms with van der Waals surface area (Å²) in [7, 11) is -1.67. The van der Waals surface area contributed by atoms with Crippen molar-refractivity contribution in [2.24, 2.45) is 0 Å². The Morgan fingerprint density at radius 2 is 1.96 bits per heavy atom. The van der Waals surface area contributed by atoms with Gasteiger partial charge in [0.25, 0.3) is 0 Å². The van der Waals surface area contributed by atoms with Crippen LogP contribution in [0.15, 0.2) is 16.7 Å². The van der Waals surface area contributed by atoms with Crippen molar-refractivity contribution in [1.82, 2.24) is 14.5 Å². The van der Waals surface area contributed by atoms with Gasteiger partial charge in [0.2, 0.25) is 0 Å². The first-order chi connectivity index (χ1) is 12.1. The van der Waals surface area contributed by atoms with Crippen LogP contribution in [0, 0.1) is 6.92 Å². The zero-order valence-corrected chi connectivity index (χ0v) is 19.3. The van der Waals surface area contributed by atoms with Crippen molar-refractivity contribution >= 4 is 35.4 Å². The molecule has 0 N–H and O–H groups in total. The summed E-state index contributed by atoms with van der Waals surface area (Å²) in [6.45, 7) is 14.8. The second-order valence-electron chi connectivity index (χ2n) is 8.75. The molecule has 1 fully saturated rings. The van der Waals surface area contributed by atoms with Gasteiger partial charge >= 0.3 is 0 Å². The average molecular weight is 440 g/mol. The highest BCUT2D eigenvalue weighted by Crippen LogP contribution is 2.38. The van der Waals surface area contributed by atoms with Crippen LogP contribution < -0.4 is 0 Å². The highest BCUT2D eigenvalue weighted by molar-refractivity contribution is 9.10. The first-order valence-electron chi connectivity index (χ1n) is 9.34. The van der Waals surface area contributed by atoms with E-state index in [1.165, 1.54) is 0 Å². The van der Waals surface area contributed by atoms with Gasteiger partial charge in [-0.05, 0) is 59.9 Å². The van der Waals surface area contributed by atoms with Crippen molar-refractivity contribution in [3.63, 3.8) is 0 Å². The Morgan fingerprint density at radius 3 is 2.62 bits per heavy atom. The third-order valence-electron chi connectivity index (χ3n) is 5.83. The highest BCUT2D eigenvalue weighted by Gasteiger charge is 2.37. The standard InChI is InChI=1S/C19H30BrN3O2Si/c1-13-22-18-17(9-14(20)12-21-18)23(13)15-10-16(11-15)24-7-8-25-26(5,6)19(2,3)4/h9,12,15-16H,7-8,10-11H2,1-6H3. The molecule has 5 nitrogen and oxygen atoms in total. The van der Waals surface area contributed by atoms with Gasteiger partial charge in [-0.1, -0.05) is 20.8 Å². The Hall–Kier alpha value is -0.763. The van der Waals surface area contributed by atoms with E-state index in [1.54, 1.807) is 6.20 Å². The predicted octanol–water partition coefficient (Wildman–Crippen LogP) is 5.24. The number of hydrogen-bond acceptors (Lipinski definition) is 4. The fourth-order valence-corrected chi connectivity index (χ4v) is 4.49. The maximum Gasteiger partial charge on any atom is 0.192 e. The number of aromatic nitrogens is 3. The van der Waals surface area contributed by atoms with Crippen LogP contribution in [-0.2, 0) is 9.16 Å². The minimum absolute atomic E-state index is 0.247. The molecular weight excluding hydrogens is 410 g/mol. The number of pyridine rings is 1. The zero-order valence-electron chi connectivity index (χ0n) is 16.7. The molecule has 0 radical (unpaired) electrons. The summed E-state index contributed by atoms with van der Waals surface area (Å²) in [5.74, 6) is 1.02. The highest BCUT2D eigenvalue weighted by atomic mass is 79.9. The normalized spacial score (nSPS) is 21.2. The van der Waals surface area contributed by atoms with Crippen LogP contribution in [0.2, 0.25) is 18.1 Å². The number of nitrogens with zero attached hydrogens (tertiary/aromatic N) is 3. The zero-order chi connectivity index (χ0) is 19.1. The van der Waals surface area contributed by atoms with Gasteiger partial charge in [0, 0.05) is 16.7 Å². The summed E-state index contributed by atoms with van der Waals surface area (Å²) in [5.41, 5.74) is 1.92. The van der Waals surface area contributed by atoms with Gasteiger partial charge < -0.3 is 13.7 Å². The van der Waals surface area contributed by atoms with Gasteiger partial charge in [0.15, 0.2) is 14.0 Å². The van der Waals surface area contributed by atoms with Crippen LogP contribution in [0.1, 0.15) is 45.5 Å². The summed E-state index contributed by atoms with van der Waals surface area (Å²) in [5, 5.41) is 0.247. The van der Waals surface area contributed by atoms with E-state index >= 15 is 0 Å². The third-order valence-corrected chi connectivity index (χ3v) is 10.8. The number of hydrogen-bond donors (Lipinski definition) is 0. The number of halogens is 1. The first-order valence-corrected chi connectivity index (χ1v) is 13.0. The molecule has 144 valence electrons. The molecule has 0 aromatic carbocycles. The topological polar surface area (TPSA) is 49.2 Å². The molecule has 0 aliphatic heterocycles. The van der Waals surface area contributed by atoms with Crippen molar-refractivity contribution in [3.8, 4) is 0 Å². The number of ether oxygens (including phenoxy) is 1. The molecule has 2 aromatic heterocycles. The van der Waals surface area contributed by atoms with E-state index in [1.807, 2.05) is 0 Å². The Labute approximate surface area is 165 Å². The van der Waals surface area contributed by atoms with Crippen molar-refractivity contribution < 1.29 is 9.16 Å². The molecule has 3 rings (SSSR count). The number of imidazole rings is 1. The molecule has 1 aliphatic rings. The van der Waals surface area contributed by atoms with Gasteiger partial charge in [-0.15, -0.1) is 0 Å². The fraction of sp³-hybridized carbons (Fsp3) is 0.684. The molecule has 0 bridgehead atoms. The van der Waals surface area contributed by atoms with Gasteiger partial charge in [-0.3, -0.25) is 0 Å². The third kappa shape index (κ3) is 4.05. The van der Waals surface area contributed by atoms with E-state index in [0.717, 1.165) is 34.3 Å². The molecule has 0 atom stereocenters. The summed E-state index contributed by atoms with van der Waals surface area (Å²) >= 11 is 3.51. The maximum absolute atomic E-state index is 6.19. The Balaban J connectivity index is 1.50. The lowest BCUT2D eigenvalue weighted by atomic mass is 9.88. The van der Waals surface area contributed by atoms with Crippen LogP contribution in [0.3, 0.4) is 0 Å². The molecule has 2 aromatic rings. The molecular formula is C19H30BrN3O2Si. The first kappa shape index (κ1) is 20.0. The van der Waals surface area contributed by atoms with Crippen LogP contribution in [0.4, 0.5) is 0 Å². The van der Waals surface area contributed by atoms with E-state index in [-0.39, 0.29) is 5.04 Å². The van der Waals surface area contributed by atoms with Gasteiger partial charge in [0.1, 0.15) is 5.82 Å². The maximum atomic E-state index is 6.19. The molecule has 1 saturated carbocycles. The van der Waals surface area contributed by atoms with Crippen LogP contribution in [-0.4, -0.2) is 42.2 Å². The minimum Gasteiger partial charge on any atom is -0.414 e. The number of fused-ring (bicyclic) bond motifs is 1. The SMILES string of the molecule is Cc1nc2ncc(Br)cc2n1C1CC(OCCO[Si](C)(C)C(C)(C)C)C1. The Kier molecular flexibility index (Phi) is 5.64. The van der Waals surface area contributed by atoms with Crippen molar-refractivity contribution in [1.29, 1.82) is 0 Å². The van der Waals surface area contributed by atoms with Crippen molar-refractivity contribution in [2.45, 2.75) is 70.8 Å². The van der Waals surface area contributed by atoms with E-state index < -0.39 is 8.32 Å². The van der Waals surface area contributed by atoms with Crippen LogP contribution >= 0.6 is 15.9 Å². The van der Waals surface area contributed by atoms with Gasteiger partial charge in [-0.2, -0.15) is 0 Å². The predicted molar refractivity (Wildman–Crippen MR) is 111 cm³/mol. The summed E-state index contributed by atoms with van der Waals surface area (Å²) < 4.78 is 15.5. The van der Waals surface area contributed by atoms with E-state index in [9.17, 15) is 0 Å². The smallest absolute Gasteiger partial charge is 0.192 e. The monoisotopic (exact) mass is 439 g/mol. The van der Waals surface area contributed by atoms with E-state index in [0.29, 0.717) is 25.4 Å². The molecule has 0 saturated heterocycles.